The number of aliphatic hydroxyl groups excluding tert-OH is 1. The fraction of sp³-hybridized carbons (Fsp3) is 0.381. The Kier molecular flexibility index (Phi) is 6.19. The highest BCUT2D eigenvalue weighted by Gasteiger charge is 2.18. The molecule has 6 nitrogen and oxygen atoms in total. The third-order valence-electron chi connectivity index (χ3n) is 4.93. The minimum atomic E-state index is -0.714. The van der Waals surface area contributed by atoms with Crippen LogP contribution in [0.4, 0.5) is 10.5 Å². The largest absolute Gasteiger partial charge is 0.497 e. The molecule has 0 spiro atoms. The number of carbonyl (C=O) groups excluding carboxylic acids is 1. The lowest BCUT2D eigenvalue weighted by atomic mass is 10.0. The second-order valence-corrected chi connectivity index (χ2v) is 6.81. The van der Waals surface area contributed by atoms with Gasteiger partial charge in [-0.05, 0) is 47.7 Å². The zero-order valence-corrected chi connectivity index (χ0v) is 15.9. The third-order valence-corrected chi connectivity index (χ3v) is 4.93. The topological polar surface area (TPSA) is 73.8 Å². The first-order valence-corrected chi connectivity index (χ1v) is 9.23. The number of likely N-dealkylation sites (N-methyl/N-ethyl adjacent to an activating group) is 1. The predicted molar refractivity (Wildman–Crippen MR) is 106 cm³/mol. The zero-order valence-electron chi connectivity index (χ0n) is 15.9. The highest BCUT2D eigenvalue weighted by atomic mass is 16.5. The summed E-state index contributed by atoms with van der Waals surface area (Å²) in [7, 11) is 3.70. The van der Waals surface area contributed by atoms with E-state index in [1.54, 1.807) is 7.11 Å². The van der Waals surface area contributed by atoms with E-state index in [2.05, 4.69) is 22.6 Å². The molecule has 1 aliphatic rings. The summed E-state index contributed by atoms with van der Waals surface area (Å²) in [6.45, 7) is 1.71. The van der Waals surface area contributed by atoms with Crippen molar-refractivity contribution in [1.29, 1.82) is 0 Å². The molecule has 1 unspecified atom stereocenters. The van der Waals surface area contributed by atoms with E-state index in [-0.39, 0.29) is 12.6 Å². The van der Waals surface area contributed by atoms with Crippen molar-refractivity contribution < 1.29 is 14.6 Å². The SMILES string of the molecule is COc1ccc(CCNC(=O)NCC(O)c2ccc3c(c2)CCN3C)cc1. The number of methoxy groups -OCH3 is 1. The summed E-state index contributed by atoms with van der Waals surface area (Å²) in [6, 6.07) is 13.5. The Morgan fingerprint density at radius 3 is 2.74 bits per heavy atom. The van der Waals surface area contributed by atoms with Crippen molar-refractivity contribution >= 4 is 11.7 Å². The van der Waals surface area contributed by atoms with E-state index in [9.17, 15) is 9.90 Å². The van der Waals surface area contributed by atoms with E-state index in [0.717, 1.165) is 36.3 Å². The molecule has 2 aromatic rings. The number of hydrogen-bond donors (Lipinski definition) is 3. The van der Waals surface area contributed by atoms with E-state index in [0.29, 0.717) is 6.54 Å². The highest BCUT2D eigenvalue weighted by molar-refractivity contribution is 5.73. The Morgan fingerprint density at radius 2 is 2.00 bits per heavy atom. The summed E-state index contributed by atoms with van der Waals surface area (Å²) in [5.74, 6) is 0.816. The van der Waals surface area contributed by atoms with Gasteiger partial charge in [-0.3, -0.25) is 0 Å². The Hall–Kier alpha value is -2.73. The number of anilines is 1. The molecular formula is C21H27N3O3. The fourth-order valence-corrected chi connectivity index (χ4v) is 3.28. The molecule has 3 N–H and O–H groups in total. The molecule has 0 aliphatic carbocycles. The molecule has 1 heterocycles. The average molecular weight is 369 g/mol. The van der Waals surface area contributed by atoms with Crippen molar-refractivity contribution in [2.45, 2.75) is 18.9 Å². The predicted octanol–water partition coefficient (Wildman–Crippen LogP) is 2.26. The van der Waals surface area contributed by atoms with Gasteiger partial charge >= 0.3 is 6.03 Å². The molecule has 1 atom stereocenters. The lowest BCUT2D eigenvalue weighted by Crippen LogP contribution is -2.38. The molecule has 27 heavy (non-hydrogen) atoms. The Labute approximate surface area is 160 Å². The Bertz CT molecular complexity index is 777. The van der Waals surface area contributed by atoms with E-state index >= 15 is 0 Å². The van der Waals surface area contributed by atoms with Crippen molar-refractivity contribution in [3.8, 4) is 5.75 Å². The highest BCUT2D eigenvalue weighted by Crippen LogP contribution is 2.29. The number of ether oxygens (including phenoxy) is 1. The molecule has 0 fully saturated rings. The second-order valence-electron chi connectivity index (χ2n) is 6.81. The molecule has 144 valence electrons. The van der Waals surface area contributed by atoms with Crippen LogP contribution in [0, 0.1) is 0 Å². The number of benzene rings is 2. The quantitative estimate of drug-likeness (QED) is 0.700. The summed E-state index contributed by atoms with van der Waals surface area (Å²) in [4.78, 5) is 14.1. The smallest absolute Gasteiger partial charge is 0.314 e. The lowest BCUT2D eigenvalue weighted by molar-refractivity contribution is 0.173. The van der Waals surface area contributed by atoms with Gasteiger partial charge in [0.25, 0.3) is 0 Å². The first-order valence-electron chi connectivity index (χ1n) is 9.23. The summed E-state index contributed by atoms with van der Waals surface area (Å²) in [6.07, 6.45) is 1.01. The number of nitrogens with zero attached hydrogens (tertiary/aromatic N) is 1. The molecule has 0 aromatic heterocycles. The number of aliphatic hydroxyl groups is 1. The second kappa shape index (κ2) is 8.77. The molecule has 6 heteroatoms. The van der Waals surface area contributed by atoms with Crippen molar-refractivity contribution in [2.24, 2.45) is 0 Å². The maximum absolute atomic E-state index is 11.9. The van der Waals surface area contributed by atoms with Gasteiger partial charge in [0.2, 0.25) is 0 Å². The van der Waals surface area contributed by atoms with Crippen LogP contribution in [0.3, 0.4) is 0 Å². The van der Waals surface area contributed by atoms with E-state index in [1.807, 2.05) is 42.5 Å². The maximum atomic E-state index is 11.9. The van der Waals surface area contributed by atoms with Gasteiger partial charge in [-0.1, -0.05) is 24.3 Å². The van der Waals surface area contributed by atoms with E-state index < -0.39 is 6.10 Å². The van der Waals surface area contributed by atoms with Gasteiger partial charge in [0.15, 0.2) is 0 Å². The van der Waals surface area contributed by atoms with Crippen molar-refractivity contribution in [2.75, 3.05) is 38.7 Å². The summed E-state index contributed by atoms with van der Waals surface area (Å²) in [5, 5.41) is 15.9. The Balaban J connectivity index is 1.40. The molecule has 3 rings (SSSR count). The maximum Gasteiger partial charge on any atom is 0.314 e. The van der Waals surface area contributed by atoms with Crippen LogP contribution in [-0.4, -0.2) is 44.9 Å². The number of urea groups is 1. The van der Waals surface area contributed by atoms with Crippen LogP contribution in [0.25, 0.3) is 0 Å². The summed E-state index contributed by atoms with van der Waals surface area (Å²) in [5.41, 5.74) is 4.43. The first-order chi connectivity index (χ1) is 13.1. The lowest BCUT2D eigenvalue weighted by Gasteiger charge is -2.16. The molecule has 0 bridgehead atoms. The van der Waals surface area contributed by atoms with Gasteiger partial charge in [0, 0.05) is 32.4 Å². The van der Waals surface area contributed by atoms with Crippen molar-refractivity contribution in [3.63, 3.8) is 0 Å². The van der Waals surface area contributed by atoms with Gasteiger partial charge < -0.3 is 25.4 Å². The molecule has 1 aliphatic heterocycles. The van der Waals surface area contributed by atoms with Gasteiger partial charge in [-0.25, -0.2) is 4.79 Å². The standard InChI is InChI=1S/C21H27N3O3/c1-24-12-10-16-13-17(5-8-19(16)24)20(25)14-23-21(26)22-11-9-15-3-6-18(27-2)7-4-15/h3-8,13,20,25H,9-12,14H2,1-2H3,(H2,22,23,26). The zero-order chi connectivity index (χ0) is 19.2. The van der Waals surface area contributed by atoms with Gasteiger partial charge in [-0.2, -0.15) is 0 Å². The Morgan fingerprint density at radius 1 is 1.22 bits per heavy atom. The van der Waals surface area contributed by atoms with Crippen LogP contribution in [0.15, 0.2) is 42.5 Å². The van der Waals surface area contributed by atoms with Crippen LogP contribution in [-0.2, 0) is 12.8 Å². The van der Waals surface area contributed by atoms with Gasteiger partial charge in [0.1, 0.15) is 5.75 Å². The van der Waals surface area contributed by atoms with Crippen molar-refractivity contribution in [1.82, 2.24) is 10.6 Å². The number of fused-ring (bicyclic) bond motifs is 1. The van der Waals surface area contributed by atoms with Crippen molar-refractivity contribution in [3.05, 3.63) is 59.2 Å². The normalized spacial score (nSPS) is 13.8. The average Bonchev–Trinajstić information content (AvgIpc) is 3.07. The van der Waals surface area contributed by atoms with Gasteiger partial charge in [0.05, 0.1) is 13.2 Å². The molecule has 2 amide bonds. The van der Waals surface area contributed by atoms with Crippen LogP contribution in [0.1, 0.15) is 22.8 Å². The molecule has 0 saturated heterocycles. The van der Waals surface area contributed by atoms with Crippen LogP contribution in [0.5, 0.6) is 5.75 Å². The van der Waals surface area contributed by atoms with Crippen LogP contribution < -0.4 is 20.3 Å². The van der Waals surface area contributed by atoms with Crippen LogP contribution >= 0.6 is 0 Å². The monoisotopic (exact) mass is 369 g/mol. The van der Waals surface area contributed by atoms with Gasteiger partial charge in [-0.15, -0.1) is 0 Å². The number of rotatable bonds is 7. The third kappa shape index (κ3) is 4.92. The molecule has 0 radical (unpaired) electrons. The van der Waals surface area contributed by atoms with Crippen LogP contribution in [0.2, 0.25) is 0 Å². The minimum absolute atomic E-state index is 0.184. The van der Waals surface area contributed by atoms with E-state index in [1.165, 1.54) is 11.3 Å². The number of amides is 2. The first kappa shape index (κ1) is 19.0. The summed E-state index contributed by atoms with van der Waals surface area (Å²) >= 11 is 0. The molecule has 2 aromatic carbocycles. The van der Waals surface area contributed by atoms with E-state index in [4.69, 9.17) is 4.74 Å². The number of nitrogens with one attached hydrogen (secondary N) is 2. The molecule has 0 saturated carbocycles. The number of carbonyl (C=O) groups is 1. The summed E-state index contributed by atoms with van der Waals surface area (Å²) < 4.78 is 5.13. The minimum Gasteiger partial charge on any atom is -0.497 e. The fourth-order valence-electron chi connectivity index (χ4n) is 3.28. The molecular weight excluding hydrogens is 342 g/mol. The number of hydrogen-bond acceptors (Lipinski definition) is 4.